The van der Waals surface area contributed by atoms with Gasteiger partial charge in [0.1, 0.15) is 0 Å². The van der Waals surface area contributed by atoms with Crippen LogP contribution in [-0.2, 0) is 9.59 Å². The lowest BCUT2D eigenvalue weighted by Gasteiger charge is -2.07. The number of hydrogen-bond donors (Lipinski definition) is 2. The highest BCUT2D eigenvalue weighted by atomic mass is 16.6. The van der Waals surface area contributed by atoms with Gasteiger partial charge in [-0.05, 0) is 29.1 Å². The molecule has 8 nitrogen and oxygen atoms in total. The molecule has 2 N–H and O–H groups in total. The largest absolute Gasteiger partial charge is 0.329 e. The molecule has 0 spiro atoms. The number of nitrogens with zero attached hydrogens (tertiary/aromatic N) is 2. The van der Waals surface area contributed by atoms with E-state index in [1.165, 1.54) is 30.5 Å². The zero-order valence-corrected chi connectivity index (χ0v) is 14.0. The highest BCUT2D eigenvalue weighted by molar-refractivity contribution is 6.40. The van der Waals surface area contributed by atoms with Crippen LogP contribution in [0.25, 0.3) is 10.8 Å². The standard InChI is InChI=1S/C19H14N4O4/c24-18(21-17-7-3-5-14-4-1-2-6-16(14)17)19(25)22-20-12-13-8-10-15(11-9-13)23(26)27/h1-12H,(H,21,24)(H,22,25)/b20-12+. The minimum Gasteiger partial charge on any atom is -0.317 e. The first-order chi connectivity index (χ1) is 13.0. The molecule has 0 heterocycles. The molecule has 0 saturated carbocycles. The first-order valence-electron chi connectivity index (χ1n) is 7.91. The van der Waals surface area contributed by atoms with Crippen molar-refractivity contribution < 1.29 is 14.5 Å². The molecule has 0 bridgehead atoms. The van der Waals surface area contributed by atoms with Gasteiger partial charge in [0.25, 0.3) is 5.69 Å². The molecule has 134 valence electrons. The second-order valence-corrected chi connectivity index (χ2v) is 5.53. The van der Waals surface area contributed by atoms with E-state index in [1.54, 1.807) is 12.1 Å². The van der Waals surface area contributed by atoms with Gasteiger partial charge in [-0.1, -0.05) is 36.4 Å². The Morgan fingerprint density at radius 1 is 0.926 bits per heavy atom. The van der Waals surface area contributed by atoms with Gasteiger partial charge in [0.15, 0.2) is 0 Å². The van der Waals surface area contributed by atoms with Crippen molar-refractivity contribution in [1.82, 2.24) is 5.43 Å². The Kier molecular flexibility index (Phi) is 5.17. The maximum absolute atomic E-state index is 12.0. The van der Waals surface area contributed by atoms with Crippen LogP contribution in [-0.4, -0.2) is 23.0 Å². The summed E-state index contributed by atoms with van der Waals surface area (Å²) in [4.78, 5) is 34.0. The Labute approximate surface area is 153 Å². The summed E-state index contributed by atoms with van der Waals surface area (Å²) >= 11 is 0. The van der Waals surface area contributed by atoms with Crippen LogP contribution in [0, 0.1) is 10.1 Å². The Morgan fingerprint density at radius 3 is 2.37 bits per heavy atom. The van der Waals surface area contributed by atoms with Crippen LogP contribution >= 0.6 is 0 Å². The van der Waals surface area contributed by atoms with E-state index in [-0.39, 0.29) is 5.69 Å². The zero-order chi connectivity index (χ0) is 19.2. The number of hydrogen-bond acceptors (Lipinski definition) is 5. The summed E-state index contributed by atoms with van der Waals surface area (Å²) in [6.45, 7) is 0. The van der Waals surface area contributed by atoms with E-state index in [2.05, 4.69) is 15.8 Å². The van der Waals surface area contributed by atoms with E-state index in [0.29, 0.717) is 11.3 Å². The van der Waals surface area contributed by atoms with Gasteiger partial charge >= 0.3 is 11.8 Å². The smallest absolute Gasteiger partial charge is 0.317 e. The van der Waals surface area contributed by atoms with E-state index in [4.69, 9.17) is 0 Å². The lowest BCUT2D eigenvalue weighted by Crippen LogP contribution is -2.32. The topological polar surface area (TPSA) is 114 Å². The predicted octanol–water partition coefficient (Wildman–Crippen LogP) is 2.84. The SMILES string of the molecule is O=C(N/N=C/c1ccc([N+](=O)[O-])cc1)C(=O)Nc1cccc2ccccc12. The van der Waals surface area contributed by atoms with Crippen molar-refractivity contribution in [1.29, 1.82) is 0 Å². The monoisotopic (exact) mass is 362 g/mol. The Bertz CT molecular complexity index is 1040. The number of benzene rings is 3. The highest BCUT2D eigenvalue weighted by Gasteiger charge is 2.14. The second-order valence-electron chi connectivity index (χ2n) is 5.53. The number of carbonyl (C=O) groups excluding carboxylic acids is 2. The maximum atomic E-state index is 12.0. The molecule has 0 unspecified atom stereocenters. The fourth-order valence-corrected chi connectivity index (χ4v) is 2.41. The average Bonchev–Trinajstić information content (AvgIpc) is 2.68. The van der Waals surface area contributed by atoms with Gasteiger partial charge in [-0.3, -0.25) is 19.7 Å². The molecule has 0 saturated heterocycles. The van der Waals surface area contributed by atoms with Crippen LogP contribution in [0.5, 0.6) is 0 Å². The number of amides is 2. The van der Waals surface area contributed by atoms with Crippen LogP contribution in [0.15, 0.2) is 71.8 Å². The number of nitro groups is 1. The molecule has 0 aliphatic rings. The zero-order valence-electron chi connectivity index (χ0n) is 14.0. The van der Waals surface area contributed by atoms with Crippen LogP contribution in [0.2, 0.25) is 0 Å². The number of fused-ring (bicyclic) bond motifs is 1. The summed E-state index contributed by atoms with van der Waals surface area (Å²) in [6, 6.07) is 18.4. The third-order valence-corrected chi connectivity index (χ3v) is 3.73. The molecule has 8 heteroatoms. The summed E-state index contributed by atoms with van der Waals surface area (Å²) < 4.78 is 0. The fraction of sp³-hybridized carbons (Fsp3) is 0. The molecular formula is C19H14N4O4. The first-order valence-corrected chi connectivity index (χ1v) is 7.91. The molecule has 0 radical (unpaired) electrons. The van der Waals surface area contributed by atoms with E-state index >= 15 is 0 Å². The molecule has 3 rings (SSSR count). The summed E-state index contributed by atoms with van der Waals surface area (Å²) in [5.41, 5.74) is 3.13. The van der Waals surface area contributed by atoms with Crippen molar-refractivity contribution in [2.45, 2.75) is 0 Å². The number of rotatable bonds is 4. The number of anilines is 1. The first kappa shape index (κ1) is 17.7. The molecule has 0 aliphatic carbocycles. The molecule has 0 aromatic heterocycles. The minimum atomic E-state index is -0.930. The van der Waals surface area contributed by atoms with Gasteiger partial charge in [0.05, 0.1) is 11.1 Å². The van der Waals surface area contributed by atoms with Gasteiger partial charge in [-0.25, -0.2) is 5.43 Å². The Morgan fingerprint density at radius 2 is 1.63 bits per heavy atom. The third-order valence-electron chi connectivity index (χ3n) is 3.73. The van der Waals surface area contributed by atoms with Gasteiger partial charge in [0, 0.05) is 23.2 Å². The van der Waals surface area contributed by atoms with Crippen LogP contribution in [0.3, 0.4) is 0 Å². The number of non-ortho nitro benzene ring substituents is 1. The molecule has 2 amide bonds. The quantitative estimate of drug-likeness (QED) is 0.321. The Balaban J connectivity index is 1.62. The normalized spacial score (nSPS) is 10.7. The van der Waals surface area contributed by atoms with Gasteiger partial charge in [-0.2, -0.15) is 5.10 Å². The Hall–Kier alpha value is -4.07. The van der Waals surface area contributed by atoms with Crippen molar-refractivity contribution in [3.8, 4) is 0 Å². The molecule has 0 fully saturated rings. The predicted molar refractivity (Wildman–Crippen MR) is 101 cm³/mol. The van der Waals surface area contributed by atoms with Gasteiger partial charge in [0.2, 0.25) is 0 Å². The van der Waals surface area contributed by atoms with Crippen molar-refractivity contribution >= 4 is 40.2 Å². The van der Waals surface area contributed by atoms with Crippen molar-refractivity contribution in [2.75, 3.05) is 5.32 Å². The van der Waals surface area contributed by atoms with Crippen LogP contribution in [0.1, 0.15) is 5.56 Å². The third kappa shape index (κ3) is 4.31. The maximum Gasteiger partial charge on any atom is 0.329 e. The highest BCUT2D eigenvalue weighted by Crippen LogP contribution is 2.22. The van der Waals surface area contributed by atoms with Crippen molar-refractivity contribution in [3.05, 3.63) is 82.4 Å². The number of carbonyl (C=O) groups is 2. The molecule has 0 aliphatic heterocycles. The number of hydrazone groups is 1. The van der Waals surface area contributed by atoms with Gasteiger partial charge in [-0.15, -0.1) is 0 Å². The van der Waals surface area contributed by atoms with Crippen LogP contribution in [0.4, 0.5) is 11.4 Å². The summed E-state index contributed by atoms with van der Waals surface area (Å²) in [6.07, 6.45) is 1.28. The molecule has 3 aromatic rings. The summed E-state index contributed by atoms with van der Waals surface area (Å²) in [7, 11) is 0. The lowest BCUT2D eigenvalue weighted by atomic mass is 10.1. The number of nitro benzene ring substituents is 1. The van der Waals surface area contributed by atoms with Crippen molar-refractivity contribution in [3.63, 3.8) is 0 Å². The van der Waals surface area contributed by atoms with E-state index in [0.717, 1.165) is 10.8 Å². The molecular weight excluding hydrogens is 348 g/mol. The lowest BCUT2D eigenvalue weighted by molar-refractivity contribution is -0.384. The van der Waals surface area contributed by atoms with Crippen molar-refractivity contribution in [2.24, 2.45) is 5.10 Å². The molecule has 0 atom stereocenters. The number of nitrogens with one attached hydrogen (secondary N) is 2. The fourth-order valence-electron chi connectivity index (χ4n) is 2.41. The second kappa shape index (κ2) is 7.87. The summed E-state index contributed by atoms with van der Waals surface area (Å²) in [5, 5.41) is 18.6. The van der Waals surface area contributed by atoms with E-state index in [9.17, 15) is 19.7 Å². The molecule has 3 aromatic carbocycles. The van der Waals surface area contributed by atoms with Crippen LogP contribution < -0.4 is 10.7 Å². The molecule has 27 heavy (non-hydrogen) atoms. The van der Waals surface area contributed by atoms with E-state index < -0.39 is 16.7 Å². The average molecular weight is 362 g/mol. The van der Waals surface area contributed by atoms with Gasteiger partial charge < -0.3 is 5.32 Å². The minimum absolute atomic E-state index is 0.0503. The summed E-state index contributed by atoms with van der Waals surface area (Å²) in [5.74, 6) is -1.78. The van der Waals surface area contributed by atoms with E-state index in [1.807, 2.05) is 30.3 Å².